The summed E-state index contributed by atoms with van der Waals surface area (Å²) >= 11 is 1.23. The molecule has 0 amide bonds. The molecule has 3 heterocycles. The van der Waals surface area contributed by atoms with Gasteiger partial charge in [0.25, 0.3) is 0 Å². The molecule has 0 spiro atoms. The number of fused-ring (bicyclic) bond motifs is 1. The number of carboxylic acid groups (broad SMARTS) is 1. The summed E-state index contributed by atoms with van der Waals surface area (Å²) in [5, 5.41) is 14.1. The highest BCUT2D eigenvalue weighted by molar-refractivity contribution is 7.99. The quantitative estimate of drug-likeness (QED) is 0.501. The highest BCUT2D eigenvalue weighted by Crippen LogP contribution is 2.43. The zero-order valence-corrected chi connectivity index (χ0v) is 16.9. The third-order valence-corrected chi connectivity index (χ3v) is 5.38. The van der Waals surface area contributed by atoms with E-state index in [1.54, 1.807) is 30.5 Å². The monoisotopic (exact) mass is 410 g/mol. The van der Waals surface area contributed by atoms with Crippen LogP contribution in [0, 0.1) is 13.8 Å². The minimum atomic E-state index is -1.10. The Morgan fingerprint density at radius 1 is 1.24 bits per heavy atom. The Morgan fingerprint density at radius 3 is 2.72 bits per heavy atom. The fraction of sp³-hybridized carbons (Fsp3) is 0.200. The largest absolute Gasteiger partial charge is 0.477 e. The maximum atomic E-state index is 11.9. The molecule has 0 bridgehead atoms. The Bertz CT molecular complexity index is 1200. The highest BCUT2D eigenvalue weighted by atomic mass is 32.2. The van der Waals surface area contributed by atoms with Crippen molar-refractivity contribution >= 4 is 28.9 Å². The van der Waals surface area contributed by atoms with Crippen LogP contribution in [-0.2, 0) is 0 Å². The second kappa shape index (κ2) is 7.59. The molecule has 0 atom stereocenters. The maximum absolute atomic E-state index is 11.9. The van der Waals surface area contributed by atoms with E-state index in [0.29, 0.717) is 45.7 Å². The molecule has 9 heteroatoms. The number of aromatic nitrogens is 4. The van der Waals surface area contributed by atoms with Gasteiger partial charge in [0.05, 0.1) is 34.5 Å². The predicted octanol–water partition coefficient (Wildman–Crippen LogP) is 4.78. The third kappa shape index (κ3) is 3.33. The van der Waals surface area contributed by atoms with Crippen molar-refractivity contribution in [2.75, 3.05) is 6.61 Å². The van der Waals surface area contributed by atoms with E-state index < -0.39 is 6.09 Å². The molecule has 0 fully saturated rings. The van der Waals surface area contributed by atoms with E-state index in [-0.39, 0.29) is 0 Å². The van der Waals surface area contributed by atoms with Crippen molar-refractivity contribution < 1.29 is 19.2 Å². The van der Waals surface area contributed by atoms with Crippen molar-refractivity contribution in [3.63, 3.8) is 0 Å². The first-order valence-electron chi connectivity index (χ1n) is 8.95. The second-order valence-electron chi connectivity index (χ2n) is 6.22. The standard InChI is InChI=1S/C20H18N4O4S/c1-4-27-18-17(16-11(2)23-28-12(16)3)15(9-10-21-18)29-19-22-13-7-5-6-8-14(13)24(19)20(25)26/h5-10H,4H2,1-3H3,(H,25,26). The van der Waals surface area contributed by atoms with Crippen LogP contribution in [0.2, 0.25) is 0 Å². The third-order valence-electron chi connectivity index (χ3n) is 4.36. The number of hydrogen-bond donors (Lipinski definition) is 1. The van der Waals surface area contributed by atoms with Crippen LogP contribution in [0.5, 0.6) is 5.88 Å². The Labute approximate surface area is 170 Å². The van der Waals surface area contributed by atoms with Crippen LogP contribution in [0.4, 0.5) is 4.79 Å². The van der Waals surface area contributed by atoms with Gasteiger partial charge < -0.3 is 14.4 Å². The molecule has 0 unspecified atom stereocenters. The number of para-hydroxylation sites is 2. The minimum Gasteiger partial charge on any atom is -0.477 e. The summed E-state index contributed by atoms with van der Waals surface area (Å²) in [6, 6.07) is 8.93. The van der Waals surface area contributed by atoms with Crippen molar-refractivity contribution in [3.05, 3.63) is 48.0 Å². The van der Waals surface area contributed by atoms with E-state index >= 15 is 0 Å². The Hall–Kier alpha value is -3.33. The molecular weight excluding hydrogens is 392 g/mol. The van der Waals surface area contributed by atoms with Gasteiger partial charge in [0.1, 0.15) is 5.76 Å². The molecule has 0 saturated heterocycles. The van der Waals surface area contributed by atoms with Crippen molar-refractivity contribution in [1.82, 2.24) is 19.7 Å². The van der Waals surface area contributed by atoms with E-state index in [2.05, 4.69) is 15.1 Å². The van der Waals surface area contributed by atoms with Gasteiger partial charge in [-0.25, -0.2) is 19.3 Å². The number of hydrogen-bond acceptors (Lipinski definition) is 7. The van der Waals surface area contributed by atoms with E-state index in [1.807, 2.05) is 26.8 Å². The molecule has 0 saturated carbocycles. The number of nitrogens with zero attached hydrogens (tertiary/aromatic N) is 4. The first kappa shape index (κ1) is 19.0. The normalized spacial score (nSPS) is 11.1. The molecule has 4 rings (SSSR count). The van der Waals surface area contributed by atoms with E-state index in [9.17, 15) is 9.90 Å². The molecule has 0 radical (unpaired) electrons. The van der Waals surface area contributed by atoms with Gasteiger partial charge in [0.2, 0.25) is 5.88 Å². The molecule has 0 aliphatic heterocycles. The average molecular weight is 410 g/mol. The number of rotatable bonds is 5. The van der Waals surface area contributed by atoms with Crippen molar-refractivity contribution in [2.45, 2.75) is 30.8 Å². The Morgan fingerprint density at radius 2 is 2.03 bits per heavy atom. The first-order valence-corrected chi connectivity index (χ1v) is 9.76. The van der Waals surface area contributed by atoms with Crippen LogP contribution in [0.15, 0.2) is 51.1 Å². The summed E-state index contributed by atoms with van der Waals surface area (Å²) in [6.45, 7) is 5.97. The summed E-state index contributed by atoms with van der Waals surface area (Å²) in [5.41, 5.74) is 3.32. The minimum absolute atomic E-state index is 0.334. The SMILES string of the molecule is CCOc1nccc(Sc2nc3ccccc3n2C(=O)O)c1-c1c(C)noc1C. The number of carbonyl (C=O) groups is 1. The Kier molecular flexibility index (Phi) is 4.98. The highest BCUT2D eigenvalue weighted by Gasteiger charge is 2.24. The average Bonchev–Trinajstić information content (AvgIpc) is 3.22. The van der Waals surface area contributed by atoms with Gasteiger partial charge in [-0.3, -0.25) is 0 Å². The lowest BCUT2D eigenvalue weighted by atomic mass is 10.1. The molecule has 0 aliphatic rings. The molecule has 0 aliphatic carbocycles. The Balaban J connectivity index is 1.91. The predicted molar refractivity (Wildman–Crippen MR) is 108 cm³/mol. The molecule has 4 aromatic rings. The van der Waals surface area contributed by atoms with Gasteiger partial charge in [-0.05, 0) is 39.0 Å². The number of imidazole rings is 1. The van der Waals surface area contributed by atoms with Crippen LogP contribution >= 0.6 is 11.8 Å². The number of aryl methyl sites for hydroxylation is 2. The lowest BCUT2D eigenvalue weighted by Crippen LogP contribution is -2.09. The smallest absolute Gasteiger partial charge is 0.418 e. The molecule has 1 N–H and O–H groups in total. The maximum Gasteiger partial charge on any atom is 0.418 e. The van der Waals surface area contributed by atoms with Crippen LogP contribution in [0.3, 0.4) is 0 Å². The summed E-state index contributed by atoms with van der Waals surface area (Å²) in [6.07, 6.45) is 0.530. The lowest BCUT2D eigenvalue weighted by molar-refractivity contribution is 0.195. The van der Waals surface area contributed by atoms with Crippen molar-refractivity contribution in [2.24, 2.45) is 0 Å². The van der Waals surface area contributed by atoms with Crippen LogP contribution in [0.1, 0.15) is 18.4 Å². The summed E-state index contributed by atoms with van der Waals surface area (Å²) in [7, 11) is 0. The van der Waals surface area contributed by atoms with E-state index in [0.717, 1.165) is 10.5 Å². The van der Waals surface area contributed by atoms with Gasteiger partial charge in [0, 0.05) is 11.1 Å². The van der Waals surface area contributed by atoms with Gasteiger partial charge >= 0.3 is 6.09 Å². The molecule has 8 nitrogen and oxygen atoms in total. The second-order valence-corrected chi connectivity index (χ2v) is 7.23. The molecule has 148 valence electrons. The fourth-order valence-electron chi connectivity index (χ4n) is 3.18. The first-order chi connectivity index (χ1) is 14.0. The fourth-order valence-corrected chi connectivity index (χ4v) is 4.21. The number of pyridine rings is 1. The van der Waals surface area contributed by atoms with Crippen LogP contribution in [0.25, 0.3) is 22.2 Å². The van der Waals surface area contributed by atoms with Gasteiger partial charge in [0.15, 0.2) is 5.16 Å². The van der Waals surface area contributed by atoms with Crippen LogP contribution in [-0.4, -0.2) is 37.5 Å². The zero-order valence-electron chi connectivity index (χ0n) is 16.0. The van der Waals surface area contributed by atoms with E-state index in [4.69, 9.17) is 9.26 Å². The van der Waals surface area contributed by atoms with Crippen molar-refractivity contribution in [1.29, 1.82) is 0 Å². The molecule has 3 aromatic heterocycles. The van der Waals surface area contributed by atoms with Gasteiger partial charge in [-0.2, -0.15) is 0 Å². The van der Waals surface area contributed by atoms with Crippen LogP contribution < -0.4 is 4.74 Å². The molecular formula is C20H18N4O4S. The van der Waals surface area contributed by atoms with E-state index in [1.165, 1.54) is 16.3 Å². The zero-order chi connectivity index (χ0) is 20.5. The van der Waals surface area contributed by atoms with Crippen molar-refractivity contribution in [3.8, 4) is 17.0 Å². The topological polar surface area (TPSA) is 103 Å². The molecule has 29 heavy (non-hydrogen) atoms. The number of benzene rings is 1. The van der Waals surface area contributed by atoms with Gasteiger partial charge in [-0.15, -0.1) is 0 Å². The lowest BCUT2D eigenvalue weighted by Gasteiger charge is -2.13. The summed E-state index contributed by atoms with van der Waals surface area (Å²) in [4.78, 5) is 21.5. The summed E-state index contributed by atoms with van der Waals surface area (Å²) in [5.74, 6) is 1.06. The number of ether oxygens (including phenoxy) is 1. The molecule has 1 aromatic carbocycles. The summed E-state index contributed by atoms with van der Waals surface area (Å²) < 4.78 is 12.3. The van der Waals surface area contributed by atoms with Gasteiger partial charge in [-0.1, -0.05) is 29.1 Å².